The summed E-state index contributed by atoms with van der Waals surface area (Å²) in [4.78, 5) is 10.1. The van der Waals surface area contributed by atoms with E-state index in [0.29, 0.717) is 16.7 Å². The summed E-state index contributed by atoms with van der Waals surface area (Å²) in [5, 5.41) is 2.49. The quantitative estimate of drug-likeness (QED) is 0.311. The summed E-state index contributed by atoms with van der Waals surface area (Å²) in [5.74, 6) is 6.17. The second kappa shape index (κ2) is 9.56. The van der Waals surface area contributed by atoms with E-state index in [2.05, 4.69) is 58.9 Å². The summed E-state index contributed by atoms with van der Waals surface area (Å²) in [6.07, 6.45) is 17.4. The van der Waals surface area contributed by atoms with Crippen molar-refractivity contribution in [2.75, 3.05) is 0 Å². The predicted octanol–water partition coefficient (Wildman–Crippen LogP) is 10.1. The van der Waals surface area contributed by atoms with Crippen molar-refractivity contribution in [3.63, 3.8) is 0 Å². The van der Waals surface area contributed by atoms with Crippen molar-refractivity contribution >= 4 is 21.8 Å². The van der Waals surface area contributed by atoms with Gasteiger partial charge in [0.05, 0.1) is 11.0 Å². The number of aromatic nitrogens is 2. The molecular formula is C37H50N2. The van der Waals surface area contributed by atoms with Crippen LogP contribution in [0.5, 0.6) is 0 Å². The van der Waals surface area contributed by atoms with E-state index in [1.165, 1.54) is 80.7 Å². The lowest BCUT2D eigenvalue weighted by atomic mass is 9.44. The largest absolute Gasteiger partial charge is 0.254 e. The fourth-order valence-electron chi connectivity index (χ4n) is 11.1. The van der Waals surface area contributed by atoms with Crippen molar-refractivity contribution in [2.24, 2.45) is 46.3 Å². The van der Waals surface area contributed by atoms with Crippen LogP contribution in [0.4, 0.5) is 0 Å². The first-order valence-electron chi connectivity index (χ1n) is 16.5. The van der Waals surface area contributed by atoms with Crippen LogP contribution in [0.25, 0.3) is 21.8 Å². The van der Waals surface area contributed by atoms with E-state index >= 15 is 0 Å². The molecule has 0 N–H and O–H groups in total. The molecule has 0 bridgehead atoms. The highest BCUT2D eigenvalue weighted by atomic mass is 14.8. The fourth-order valence-corrected chi connectivity index (χ4v) is 11.1. The third-order valence-corrected chi connectivity index (χ3v) is 13.0. The number of aryl methyl sites for hydroxylation is 1. The summed E-state index contributed by atoms with van der Waals surface area (Å²) < 4.78 is 0. The Morgan fingerprint density at radius 2 is 1.67 bits per heavy atom. The molecule has 39 heavy (non-hydrogen) atoms. The highest BCUT2D eigenvalue weighted by Crippen LogP contribution is 2.69. The average Bonchev–Trinajstić information content (AvgIpc) is 3.29. The minimum atomic E-state index is 0.433. The lowest BCUT2D eigenvalue weighted by Gasteiger charge is -2.61. The van der Waals surface area contributed by atoms with Gasteiger partial charge in [-0.3, -0.25) is 9.97 Å². The first-order valence-corrected chi connectivity index (χ1v) is 16.5. The summed E-state index contributed by atoms with van der Waals surface area (Å²) in [6.45, 7) is 12.8. The van der Waals surface area contributed by atoms with Crippen LogP contribution < -0.4 is 0 Å². The van der Waals surface area contributed by atoms with E-state index in [4.69, 9.17) is 9.97 Å². The average molecular weight is 523 g/mol. The summed E-state index contributed by atoms with van der Waals surface area (Å²) >= 11 is 0. The third kappa shape index (κ3) is 4.01. The third-order valence-electron chi connectivity index (χ3n) is 13.0. The molecule has 2 nitrogen and oxygen atoms in total. The summed E-state index contributed by atoms with van der Waals surface area (Å²) in [5.41, 5.74) is 6.15. The SMILES string of the molecule is CC(C)CCC[C@@H](C)[C@H]1CC[C@H]2[C@@H]3CC[C@H]4c5cc6ccc7cccnc7c6nc5CC[C@]4(C)[C@H]3CC[C@]12C. The molecule has 0 aliphatic heterocycles. The van der Waals surface area contributed by atoms with E-state index in [1.54, 1.807) is 5.56 Å². The van der Waals surface area contributed by atoms with Gasteiger partial charge in [-0.2, -0.15) is 0 Å². The van der Waals surface area contributed by atoms with Gasteiger partial charge >= 0.3 is 0 Å². The molecule has 4 aliphatic carbocycles. The number of hydrogen-bond donors (Lipinski definition) is 0. The zero-order chi connectivity index (χ0) is 26.9. The van der Waals surface area contributed by atoms with Gasteiger partial charge < -0.3 is 0 Å². The van der Waals surface area contributed by atoms with Crippen LogP contribution in [0.15, 0.2) is 36.5 Å². The number of hydrogen-bond acceptors (Lipinski definition) is 2. The van der Waals surface area contributed by atoms with Crippen LogP contribution in [0.1, 0.15) is 116 Å². The van der Waals surface area contributed by atoms with Gasteiger partial charge in [0.15, 0.2) is 0 Å². The molecule has 208 valence electrons. The predicted molar refractivity (Wildman–Crippen MR) is 164 cm³/mol. The van der Waals surface area contributed by atoms with Crippen molar-refractivity contribution in [3.05, 3.63) is 47.8 Å². The van der Waals surface area contributed by atoms with Crippen LogP contribution in [0, 0.1) is 46.3 Å². The summed E-state index contributed by atoms with van der Waals surface area (Å²) in [6, 6.07) is 11.3. The van der Waals surface area contributed by atoms with Crippen LogP contribution >= 0.6 is 0 Å². The lowest BCUT2D eigenvalue weighted by molar-refractivity contribution is -0.0899. The highest BCUT2D eigenvalue weighted by molar-refractivity contribution is 6.02. The maximum atomic E-state index is 5.34. The van der Waals surface area contributed by atoms with Crippen LogP contribution in [-0.2, 0) is 6.42 Å². The maximum absolute atomic E-state index is 5.34. The molecule has 3 aromatic rings. The molecule has 0 unspecified atom stereocenters. The monoisotopic (exact) mass is 522 g/mol. The Bertz CT molecular complexity index is 1370. The van der Waals surface area contributed by atoms with Gasteiger partial charge in [0.2, 0.25) is 0 Å². The zero-order valence-electron chi connectivity index (χ0n) is 25.2. The minimum absolute atomic E-state index is 0.433. The zero-order valence-corrected chi connectivity index (χ0v) is 25.2. The van der Waals surface area contributed by atoms with Crippen molar-refractivity contribution in [1.82, 2.24) is 9.97 Å². The number of fused-ring (bicyclic) bond motifs is 10. The Labute approximate surface area is 236 Å². The molecule has 3 saturated carbocycles. The van der Waals surface area contributed by atoms with Crippen molar-refractivity contribution in [1.29, 1.82) is 0 Å². The Morgan fingerprint density at radius 1 is 0.846 bits per heavy atom. The number of nitrogens with zero attached hydrogens (tertiary/aromatic N) is 2. The van der Waals surface area contributed by atoms with Gasteiger partial charge in [0.25, 0.3) is 0 Å². The number of rotatable bonds is 5. The van der Waals surface area contributed by atoms with Gasteiger partial charge in [0, 0.05) is 22.7 Å². The molecule has 0 spiro atoms. The normalized spacial score (nSPS) is 36.4. The lowest BCUT2D eigenvalue weighted by Crippen LogP contribution is -2.52. The van der Waals surface area contributed by atoms with E-state index in [-0.39, 0.29) is 0 Å². The molecule has 4 aliphatic rings. The fraction of sp³-hybridized carbons (Fsp3) is 0.676. The van der Waals surface area contributed by atoms with Crippen molar-refractivity contribution in [2.45, 2.75) is 111 Å². The molecule has 2 aromatic heterocycles. The second-order valence-corrected chi connectivity index (χ2v) is 15.3. The molecule has 3 fully saturated rings. The standard InChI is InChI=1S/C37H50N2/c1-23(2)8-6-9-24(3)29-15-16-30-27-13-14-31-28-22-26-12-11-25-10-7-21-38-34(25)35(26)39-33(28)18-20-37(31,5)32(27)17-19-36(29,30)4/h7,10-12,21-24,27,29-32H,6,8-9,13-20H2,1-5H3/t24-,27+,29-,30+,31+,32+,36-,37+/m1/s1. The van der Waals surface area contributed by atoms with E-state index < -0.39 is 0 Å². The molecule has 2 heteroatoms. The molecule has 0 radical (unpaired) electrons. The van der Waals surface area contributed by atoms with E-state index in [0.717, 1.165) is 53.0 Å². The van der Waals surface area contributed by atoms with Crippen LogP contribution in [-0.4, -0.2) is 9.97 Å². The molecule has 8 atom stereocenters. The minimum Gasteiger partial charge on any atom is -0.254 e. The number of pyridine rings is 2. The highest BCUT2D eigenvalue weighted by Gasteiger charge is 2.60. The van der Waals surface area contributed by atoms with E-state index in [1.807, 2.05) is 12.3 Å². The van der Waals surface area contributed by atoms with E-state index in [9.17, 15) is 0 Å². The topological polar surface area (TPSA) is 25.8 Å². The Hall–Kier alpha value is -1.96. The molecule has 2 heterocycles. The smallest absolute Gasteiger partial charge is 0.0968 e. The van der Waals surface area contributed by atoms with Gasteiger partial charge in [0.1, 0.15) is 0 Å². The molecule has 0 amide bonds. The Kier molecular flexibility index (Phi) is 6.37. The molecular weight excluding hydrogens is 472 g/mol. The van der Waals surface area contributed by atoms with Crippen LogP contribution in [0.2, 0.25) is 0 Å². The van der Waals surface area contributed by atoms with Gasteiger partial charge in [-0.05, 0) is 121 Å². The molecule has 0 saturated heterocycles. The maximum Gasteiger partial charge on any atom is 0.0968 e. The molecule has 7 rings (SSSR count). The first-order chi connectivity index (χ1) is 18.8. The second-order valence-electron chi connectivity index (χ2n) is 15.3. The van der Waals surface area contributed by atoms with Gasteiger partial charge in [-0.15, -0.1) is 0 Å². The van der Waals surface area contributed by atoms with Gasteiger partial charge in [-0.1, -0.05) is 72.1 Å². The summed E-state index contributed by atoms with van der Waals surface area (Å²) in [7, 11) is 0. The Morgan fingerprint density at radius 3 is 2.51 bits per heavy atom. The Balaban J connectivity index is 1.16. The first kappa shape index (κ1) is 26.0. The van der Waals surface area contributed by atoms with Crippen LogP contribution in [0.3, 0.4) is 0 Å². The molecule has 1 aromatic carbocycles. The van der Waals surface area contributed by atoms with Gasteiger partial charge in [-0.25, -0.2) is 0 Å². The van der Waals surface area contributed by atoms with Crippen molar-refractivity contribution < 1.29 is 0 Å². The number of benzene rings is 1. The van der Waals surface area contributed by atoms with Crippen molar-refractivity contribution in [3.8, 4) is 0 Å².